The third-order valence-corrected chi connectivity index (χ3v) is 2.87. The van der Waals surface area contributed by atoms with E-state index >= 15 is 0 Å². The van der Waals surface area contributed by atoms with Crippen molar-refractivity contribution in [3.63, 3.8) is 0 Å². The molecule has 1 amide bonds. The third-order valence-electron chi connectivity index (χ3n) is 2.62. The van der Waals surface area contributed by atoms with E-state index in [1.807, 2.05) is 0 Å². The number of carbonyl (C=O) groups is 2. The largest absolute Gasteiger partial charge is 0.478 e. The minimum atomic E-state index is -1.27. The van der Waals surface area contributed by atoms with Crippen LogP contribution in [0.5, 0.6) is 0 Å². The van der Waals surface area contributed by atoms with Crippen LogP contribution in [0.1, 0.15) is 11.4 Å². The zero-order valence-electron chi connectivity index (χ0n) is 11.1. The number of hydrogen-bond acceptors (Lipinski definition) is 4. The van der Waals surface area contributed by atoms with Crippen LogP contribution in [-0.4, -0.2) is 31.9 Å². The smallest absolute Gasteiger partial charge is 0.362 e. The number of nitrogens with one attached hydrogen (secondary N) is 2. The summed E-state index contributed by atoms with van der Waals surface area (Å²) in [5.41, 5.74) is 2.44. The second-order valence-electron chi connectivity index (χ2n) is 4.23. The minimum absolute atomic E-state index is 0.268. The fourth-order valence-electron chi connectivity index (χ4n) is 1.64. The predicted molar refractivity (Wildman–Crippen MR) is 78.2 cm³/mol. The number of aromatic nitrogens is 3. The highest BCUT2D eigenvalue weighted by atomic mass is 35.5. The van der Waals surface area contributed by atoms with Crippen LogP contribution in [0.2, 0.25) is 5.02 Å². The standard InChI is InChI=1S/C13H11ClN4O4/c14-9-3-1-8(2-4-9)7-10-15-16-13(22)18(10)17-11(19)5-6-12(20)21/h1-6H,7H2,(H,16,22)(H,17,19)(H,20,21)/b6-5+. The molecule has 2 aromatic rings. The number of carboxylic acids is 1. The second-order valence-corrected chi connectivity index (χ2v) is 4.67. The topological polar surface area (TPSA) is 117 Å². The second kappa shape index (κ2) is 6.72. The monoisotopic (exact) mass is 322 g/mol. The Morgan fingerprint density at radius 3 is 2.64 bits per heavy atom. The number of halogens is 1. The van der Waals surface area contributed by atoms with E-state index in [0.717, 1.165) is 16.3 Å². The van der Waals surface area contributed by atoms with Crippen molar-refractivity contribution in [3.8, 4) is 0 Å². The molecule has 1 aromatic carbocycles. The molecule has 2 rings (SSSR count). The zero-order chi connectivity index (χ0) is 16.1. The number of amides is 1. The Balaban J connectivity index is 2.17. The van der Waals surface area contributed by atoms with Crippen LogP contribution < -0.4 is 11.1 Å². The molecule has 0 aliphatic heterocycles. The SMILES string of the molecule is O=C(O)/C=C/C(=O)Nn1c(Cc2ccc(Cl)cc2)n[nH]c1=O. The van der Waals surface area contributed by atoms with Crippen molar-refractivity contribution < 1.29 is 14.7 Å². The molecule has 0 aliphatic carbocycles. The molecule has 1 heterocycles. The lowest BCUT2D eigenvalue weighted by atomic mass is 10.1. The van der Waals surface area contributed by atoms with E-state index in [0.29, 0.717) is 11.1 Å². The Hall–Kier alpha value is -2.87. The molecule has 3 N–H and O–H groups in total. The van der Waals surface area contributed by atoms with Gasteiger partial charge in [0.2, 0.25) is 0 Å². The summed E-state index contributed by atoms with van der Waals surface area (Å²) in [7, 11) is 0. The molecule has 9 heteroatoms. The number of hydrogen-bond donors (Lipinski definition) is 3. The molecule has 0 aliphatic rings. The van der Waals surface area contributed by atoms with E-state index in [9.17, 15) is 14.4 Å². The maximum Gasteiger partial charge on any atom is 0.362 e. The molecule has 22 heavy (non-hydrogen) atoms. The van der Waals surface area contributed by atoms with Gasteiger partial charge in [0.15, 0.2) is 5.82 Å². The average molecular weight is 323 g/mol. The van der Waals surface area contributed by atoms with Crippen molar-refractivity contribution in [1.82, 2.24) is 14.9 Å². The van der Waals surface area contributed by atoms with Gasteiger partial charge in [0.05, 0.1) is 0 Å². The van der Waals surface area contributed by atoms with E-state index in [2.05, 4.69) is 15.6 Å². The first kappa shape index (κ1) is 15.5. The van der Waals surface area contributed by atoms with E-state index in [-0.39, 0.29) is 12.2 Å². The molecule has 0 bridgehead atoms. The summed E-state index contributed by atoms with van der Waals surface area (Å²) < 4.78 is 0.920. The van der Waals surface area contributed by atoms with Crippen LogP contribution in [0, 0.1) is 0 Å². The summed E-state index contributed by atoms with van der Waals surface area (Å²) >= 11 is 5.79. The minimum Gasteiger partial charge on any atom is -0.478 e. The number of H-pyrrole nitrogens is 1. The van der Waals surface area contributed by atoms with Gasteiger partial charge in [0.25, 0.3) is 5.91 Å². The Bertz CT molecular complexity index is 776. The number of aromatic amines is 1. The fraction of sp³-hybridized carbons (Fsp3) is 0.0769. The van der Waals surface area contributed by atoms with E-state index in [1.165, 1.54) is 0 Å². The maximum absolute atomic E-state index is 11.6. The van der Waals surface area contributed by atoms with Gasteiger partial charge < -0.3 is 5.11 Å². The summed E-state index contributed by atoms with van der Waals surface area (Å²) in [6.45, 7) is 0. The molecule has 1 aromatic heterocycles. The molecule has 114 valence electrons. The molecule has 0 atom stereocenters. The van der Waals surface area contributed by atoms with Gasteiger partial charge >= 0.3 is 11.7 Å². The fourth-order valence-corrected chi connectivity index (χ4v) is 1.77. The van der Waals surface area contributed by atoms with Crippen molar-refractivity contribution in [2.75, 3.05) is 5.43 Å². The molecule has 0 radical (unpaired) electrons. The van der Waals surface area contributed by atoms with Crippen molar-refractivity contribution >= 4 is 23.5 Å². The van der Waals surface area contributed by atoms with Crippen molar-refractivity contribution in [3.05, 3.63) is 63.3 Å². The van der Waals surface area contributed by atoms with Gasteiger partial charge in [-0.05, 0) is 17.7 Å². The first-order chi connectivity index (χ1) is 10.5. The summed E-state index contributed by atoms with van der Waals surface area (Å²) in [4.78, 5) is 33.5. The van der Waals surface area contributed by atoms with Gasteiger partial charge in [0, 0.05) is 23.6 Å². The van der Waals surface area contributed by atoms with Gasteiger partial charge in [-0.3, -0.25) is 10.2 Å². The Morgan fingerprint density at radius 2 is 2.00 bits per heavy atom. The molecule has 0 saturated heterocycles. The van der Waals surface area contributed by atoms with E-state index in [4.69, 9.17) is 16.7 Å². The van der Waals surface area contributed by atoms with E-state index < -0.39 is 17.6 Å². The molecular formula is C13H11ClN4O4. The lowest BCUT2D eigenvalue weighted by Crippen LogP contribution is -2.32. The summed E-state index contributed by atoms with van der Waals surface area (Å²) in [5.74, 6) is -1.76. The normalized spacial score (nSPS) is 10.8. The average Bonchev–Trinajstić information content (AvgIpc) is 2.80. The van der Waals surface area contributed by atoms with Gasteiger partial charge in [-0.15, -0.1) is 0 Å². The quantitative estimate of drug-likeness (QED) is 0.694. The van der Waals surface area contributed by atoms with Crippen LogP contribution in [-0.2, 0) is 16.0 Å². The number of nitrogens with zero attached hydrogens (tertiary/aromatic N) is 2. The highest BCUT2D eigenvalue weighted by molar-refractivity contribution is 6.30. The van der Waals surface area contributed by atoms with E-state index in [1.54, 1.807) is 24.3 Å². The lowest BCUT2D eigenvalue weighted by Gasteiger charge is -2.05. The summed E-state index contributed by atoms with van der Waals surface area (Å²) in [5, 5.41) is 15.1. The van der Waals surface area contributed by atoms with Crippen LogP contribution in [0.25, 0.3) is 0 Å². The van der Waals surface area contributed by atoms with Crippen LogP contribution in [0.3, 0.4) is 0 Å². The number of aliphatic carboxylic acids is 1. The number of carbonyl (C=O) groups excluding carboxylic acids is 1. The first-order valence-corrected chi connectivity index (χ1v) is 6.46. The number of benzene rings is 1. The van der Waals surface area contributed by atoms with Gasteiger partial charge in [0.1, 0.15) is 0 Å². The number of rotatable bonds is 5. The molecule has 0 fully saturated rings. The molecule has 0 spiro atoms. The molecule has 8 nitrogen and oxygen atoms in total. The van der Waals surface area contributed by atoms with Crippen LogP contribution >= 0.6 is 11.6 Å². The van der Waals surface area contributed by atoms with Gasteiger partial charge in [-0.1, -0.05) is 23.7 Å². The first-order valence-electron chi connectivity index (χ1n) is 6.08. The van der Waals surface area contributed by atoms with Crippen LogP contribution in [0.4, 0.5) is 0 Å². The summed E-state index contributed by atoms with van der Waals surface area (Å²) in [6.07, 6.45) is 1.74. The Kier molecular flexibility index (Phi) is 4.74. The molecule has 0 saturated carbocycles. The lowest BCUT2D eigenvalue weighted by molar-refractivity contribution is -0.131. The van der Waals surface area contributed by atoms with Crippen molar-refractivity contribution in [2.24, 2.45) is 0 Å². The highest BCUT2D eigenvalue weighted by Gasteiger charge is 2.11. The zero-order valence-corrected chi connectivity index (χ0v) is 11.9. The van der Waals surface area contributed by atoms with Gasteiger partial charge in [-0.2, -0.15) is 9.77 Å². The molecular weight excluding hydrogens is 312 g/mol. The van der Waals surface area contributed by atoms with Crippen molar-refractivity contribution in [2.45, 2.75) is 6.42 Å². The number of carboxylic acid groups (broad SMARTS) is 1. The Labute approximate surface area is 129 Å². The Morgan fingerprint density at radius 1 is 1.32 bits per heavy atom. The summed E-state index contributed by atoms with van der Waals surface area (Å²) in [6, 6.07) is 6.91. The highest BCUT2D eigenvalue weighted by Crippen LogP contribution is 2.11. The predicted octanol–water partition coefficient (Wildman–Crippen LogP) is 0.526. The van der Waals surface area contributed by atoms with Gasteiger partial charge in [-0.25, -0.2) is 14.7 Å². The maximum atomic E-state index is 11.6. The van der Waals surface area contributed by atoms with Crippen LogP contribution in [0.15, 0.2) is 41.2 Å². The molecule has 0 unspecified atom stereocenters. The van der Waals surface area contributed by atoms with Crippen molar-refractivity contribution in [1.29, 1.82) is 0 Å². The third kappa shape index (κ3) is 4.06.